The second-order valence-electron chi connectivity index (χ2n) is 8.05. The molecule has 0 aliphatic rings. The highest BCUT2D eigenvalue weighted by Crippen LogP contribution is 2.35. The molecule has 0 bridgehead atoms. The molecule has 0 aliphatic heterocycles. The van der Waals surface area contributed by atoms with E-state index in [0.717, 1.165) is 27.7 Å². The third-order valence-electron chi connectivity index (χ3n) is 5.64. The molecule has 186 valence electrons. The molecule has 0 spiro atoms. The zero-order valence-electron chi connectivity index (χ0n) is 20.4. The fraction of sp³-hybridized carbons (Fsp3) is 0.143. The van der Waals surface area contributed by atoms with Gasteiger partial charge in [-0.1, -0.05) is 6.08 Å². The minimum atomic E-state index is -0.445. The number of aromatic amines is 1. The van der Waals surface area contributed by atoms with Crippen molar-refractivity contribution < 1.29 is 19.1 Å². The molecular formula is C28H24N4O5. The van der Waals surface area contributed by atoms with Gasteiger partial charge < -0.3 is 19.2 Å². The van der Waals surface area contributed by atoms with E-state index in [1.807, 2.05) is 24.3 Å². The van der Waals surface area contributed by atoms with Crippen LogP contribution in [0.25, 0.3) is 22.7 Å². The Morgan fingerprint density at radius 2 is 1.95 bits per heavy atom. The standard InChI is InChI=1S/C28H24N4O5/c1-4-5-20-12-19(13-21(16-29)28-30-24-11-10-23(35-2)15-25(24)31-28)14-26(36-3)27(20)37-17-18-6-8-22(9-7-18)32(33)34/h4,6-15H,1,5,17H2,2-3H3,(H,30,31)/b21-13-. The fourth-order valence-corrected chi connectivity index (χ4v) is 3.82. The first-order chi connectivity index (χ1) is 17.9. The van der Waals surface area contributed by atoms with Crippen molar-refractivity contribution in [1.82, 2.24) is 9.97 Å². The number of H-pyrrole nitrogens is 1. The molecular weight excluding hydrogens is 472 g/mol. The number of nitrogens with zero attached hydrogens (tertiary/aromatic N) is 3. The Morgan fingerprint density at radius 1 is 1.16 bits per heavy atom. The highest BCUT2D eigenvalue weighted by molar-refractivity contribution is 5.91. The molecule has 4 aromatic rings. The number of aromatic nitrogens is 2. The van der Waals surface area contributed by atoms with Gasteiger partial charge in [0.15, 0.2) is 11.5 Å². The van der Waals surface area contributed by atoms with Crippen LogP contribution in [-0.4, -0.2) is 29.1 Å². The third kappa shape index (κ3) is 5.60. The number of nitro benzene ring substituents is 1. The van der Waals surface area contributed by atoms with Crippen molar-refractivity contribution in [2.24, 2.45) is 0 Å². The Kier molecular flexibility index (Phi) is 7.50. The van der Waals surface area contributed by atoms with Crippen molar-refractivity contribution in [3.05, 3.63) is 99.9 Å². The summed E-state index contributed by atoms with van der Waals surface area (Å²) < 4.78 is 16.9. The zero-order valence-corrected chi connectivity index (χ0v) is 20.4. The van der Waals surface area contributed by atoms with Gasteiger partial charge in [0.2, 0.25) is 0 Å². The molecule has 9 nitrogen and oxygen atoms in total. The minimum Gasteiger partial charge on any atom is -0.497 e. The largest absolute Gasteiger partial charge is 0.497 e. The Hall–Kier alpha value is -5.10. The molecule has 0 saturated carbocycles. The number of nitriles is 1. The molecule has 0 aliphatic carbocycles. The van der Waals surface area contributed by atoms with Crippen LogP contribution in [0.3, 0.4) is 0 Å². The van der Waals surface area contributed by atoms with Gasteiger partial charge in [0.05, 0.1) is 35.7 Å². The number of ether oxygens (including phenoxy) is 3. The molecule has 0 amide bonds. The first kappa shape index (κ1) is 25.0. The SMILES string of the molecule is C=CCc1cc(/C=C(/C#N)c2nc3ccc(OC)cc3[nH]2)cc(OC)c1OCc1ccc([N+](=O)[O-])cc1. The number of allylic oxidation sites excluding steroid dienone is 2. The molecule has 37 heavy (non-hydrogen) atoms. The van der Waals surface area contributed by atoms with Crippen LogP contribution < -0.4 is 14.2 Å². The molecule has 0 radical (unpaired) electrons. The number of hydrogen-bond donors (Lipinski definition) is 1. The summed E-state index contributed by atoms with van der Waals surface area (Å²) >= 11 is 0. The topological polar surface area (TPSA) is 123 Å². The number of methoxy groups -OCH3 is 2. The second-order valence-corrected chi connectivity index (χ2v) is 8.05. The first-order valence-electron chi connectivity index (χ1n) is 11.3. The molecule has 1 aromatic heterocycles. The normalized spacial score (nSPS) is 11.1. The summed E-state index contributed by atoms with van der Waals surface area (Å²) in [6, 6.07) is 17.5. The molecule has 1 N–H and O–H groups in total. The van der Waals surface area contributed by atoms with Gasteiger partial charge in [-0.25, -0.2) is 4.98 Å². The number of nitro groups is 1. The van der Waals surface area contributed by atoms with Crippen molar-refractivity contribution in [2.75, 3.05) is 14.2 Å². The predicted molar refractivity (Wildman–Crippen MR) is 140 cm³/mol. The van der Waals surface area contributed by atoms with Crippen molar-refractivity contribution in [3.63, 3.8) is 0 Å². The van der Waals surface area contributed by atoms with Gasteiger partial charge in [0.1, 0.15) is 24.3 Å². The minimum absolute atomic E-state index is 0.0155. The van der Waals surface area contributed by atoms with Crippen molar-refractivity contribution in [3.8, 4) is 23.3 Å². The van der Waals surface area contributed by atoms with E-state index in [0.29, 0.717) is 35.1 Å². The van der Waals surface area contributed by atoms with E-state index in [-0.39, 0.29) is 12.3 Å². The molecule has 1 heterocycles. The van der Waals surface area contributed by atoms with E-state index in [2.05, 4.69) is 22.6 Å². The van der Waals surface area contributed by atoms with E-state index < -0.39 is 4.92 Å². The molecule has 0 atom stereocenters. The number of fused-ring (bicyclic) bond motifs is 1. The lowest BCUT2D eigenvalue weighted by Gasteiger charge is -2.16. The Labute approximate surface area is 213 Å². The Morgan fingerprint density at radius 3 is 2.59 bits per heavy atom. The van der Waals surface area contributed by atoms with E-state index >= 15 is 0 Å². The van der Waals surface area contributed by atoms with Gasteiger partial charge in [0.25, 0.3) is 5.69 Å². The molecule has 3 aromatic carbocycles. The van der Waals surface area contributed by atoms with Gasteiger partial charge in [-0.2, -0.15) is 5.26 Å². The van der Waals surface area contributed by atoms with Crippen molar-refractivity contribution >= 4 is 28.4 Å². The molecule has 0 unspecified atom stereocenters. The summed E-state index contributed by atoms with van der Waals surface area (Å²) in [5.74, 6) is 2.15. The van der Waals surface area contributed by atoms with Gasteiger partial charge in [-0.05, 0) is 60.0 Å². The lowest BCUT2D eigenvalue weighted by atomic mass is 10.0. The van der Waals surface area contributed by atoms with E-state index in [1.165, 1.54) is 19.2 Å². The number of imidazole rings is 1. The number of non-ortho nitro benzene ring substituents is 1. The lowest BCUT2D eigenvalue weighted by Crippen LogP contribution is -2.02. The quantitative estimate of drug-likeness (QED) is 0.126. The maximum absolute atomic E-state index is 10.9. The molecule has 0 saturated heterocycles. The molecule has 9 heteroatoms. The Bertz CT molecular complexity index is 1530. The smallest absolute Gasteiger partial charge is 0.269 e. The number of hydrogen-bond acceptors (Lipinski definition) is 7. The summed E-state index contributed by atoms with van der Waals surface area (Å²) in [4.78, 5) is 18.2. The van der Waals surface area contributed by atoms with Gasteiger partial charge in [-0.15, -0.1) is 6.58 Å². The van der Waals surface area contributed by atoms with Gasteiger partial charge in [-0.3, -0.25) is 10.1 Å². The number of benzene rings is 3. The van der Waals surface area contributed by atoms with Crippen LogP contribution in [0.1, 0.15) is 22.5 Å². The zero-order chi connectivity index (χ0) is 26.4. The summed E-state index contributed by atoms with van der Waals surface area (Å²) in [7, 11) is 3.13. The summed E-state index contributed by atoms with van der Waals surface area (Å²) in [5, 5.41) is 20.8. The third-order valence-corrected chi connectivity index (χ3v) is 5.64. The van der Waals surface area contributed by atoms with Crippen LogP contribution in [0, 0.1) is 21.4 Å². The average Bonchev–Trinajstić information content (AvgIpc) is 3.34. The second kappa shape index (κ2) is 11.1. The van der Waals surface area contributed by atoms with Crippen molar-refractivity contribution in [1.29, 1.82) is 5.26 Å². The predicted octanol–water partition coefficient (Wildman–Crippen LogP) is 5.86. The van der Waals surface area contributed by atoms with Gasteiger partial charge in [0, 0.05) is 23.8 Å². The van der Waals surface area contributed by atoms with Crippen LogP contribution >= 0.6 is 0 Å². The first-order valence-corrected chi connectivity index (χ1v) is 11.3. The monoisotopic (exact) mass is 496 g/mol. The van der Waals surface area contributed by atoms with Crippen LogP contribution in [0.4, 0.5) is 5.69 Å². The summed E-state index contributed by atoms with van der Waals surface area (Å²) in [6.07, 6.45) is 3.98. The van der Waals surface area contributed by atoms with E-state index in [9.17, 15) is 15.4 Å². The van der Waals surface area contributed by atoms with Crippen LogP contribution in [0.2, 0.25) is 0 Å². The van der Waals surface area contributed by atoms with E-state index in [1.54, 1.807) is 37.5 Å². The number of rotatable bonds is 10. The van der Waals surface area contributed by atoms with Crippen molar-refractivity contribution in [2.45, 2.75) is 13.0 Å². The maximum atomic E-state index is 10.9. The molecule has 4 rings (SSSR count). The van der Waals surface area contributed by atoms with Crippen LogP contribution in [0.15, 0.2) is 67.3 Å². The number of nitrogens with one attached hydrogen (secondary N) is 1. The van der Waals surface area contributed by atoms with E-state index in [4.69, 9.17) is 14.2 Å². The molecule has 0 fully saturated rings. The van der Waals surface area contributed by atoms with Gasteiger partial charge >= 0.3 is 0 Å². The summed E-state index contributed by atoms with van der Waals surface area (Å²) in [6.45, 7) is 4.03. The summed E-state index contributed by atoms with van der Waals surface area (Å²) in [5.41, 5.74) is 4.16. The lowest BCUT2D eigenvalue weighted by molar-refractivity contribution is -0.384. The van der Waals surface area contributed by atoms with Crippen LogP contribution in [-0.2, 0) is 13.0 Å². The van der Waals surface area contributed by atoms with Crippen LogP contribution in [0.5, 0.6) is 17.2 Å². The Balaban J connectivity index is 1.66. The highest BCUT2D eigenvalue weighted by Gasteiger charge is 2.15. The highest BCUT2D eigenvalue weighted by atomic mass is 16.6. The maximum Gasteiger partial charge on any atom is 0.269 e. The average molecular weight is 497 g/mol. The fourth-order valence-electron chi connectivity index (χ4n) is 3.82.